The Kier molecular flexibility index (Phi) is 5.44. The van der Waals surface area contributed by atoms with Crippen molar-refractivity contribution in [2.45, 2.75) is 71.4 Å². The van der Waals surface area contributed by atoms with Crippen LogP contribution in [0.3, 0.4) is 0 Å². The van der Waals surface area contributed by atoms with Crippen LogP contribution in [-0.2, 0) is 6.54 Å². The summed E-state index contributed by atoms with van der Waals surface area (Å²) < 4.78 is 2.03. The van der Waals surface area contributed by atoms with Gasteiger partial charge in [-0.3, -0.25) is 4.68 Å². The van der Waals surface area contributed by atoms with E-state index < -0.39 is 0 Å². The van der Waals surface area contributed by atoms with Crippen LogP contribution in [0.5, 0.6) is 0 Å². The number of nitrogens with zero attached hydrogens (tertiary/aromatic N) is 2. The zero-order valence-corrected chi connectivity index (χ0v) is 12.5. The molecule has 2 rings (SSSR count). The summed E-state index contributed by atoms with van der Waals surface area (Å²) >= 11 is 0. The summed E-state index contributed by atoms with van der Waals surface area (Å²) in [4.78, 5) is 0. The molecule has 0 aromatic carbocycles. The number of hydrogen-bond acceptors (Lipinski definition) is 2. The van der Waals surface area contributed by atoms with E-state index in [9.17, 15) is 0 Å². The predicted molar refractivity (Wildman–Crippen MR) is 79.8 cm³/mol. The lowest BCUT2D eigenvalue weighted by atomic mass is 9.76. The van der Waals surface area contributed by atoms with Crippen molar-refractivity contribution in [1.29, 1.82) is 0 Å². The van der Waals surface area contributed by atoms with Crippen LogP contribution in [0.4, 0.5) is 0 Å². The van der Waals surface area contributed by atoms with Crippen molar-refractivity contribution < 1.29 is 0 Å². The van der Waals surface area contributed by atoms with Gasteiger partial charge in [0.25, 0.3) is 0 Å². The van der Waals surface area contributed by atoms with Crippen LogP contribution in [0.25, 0.3) is 0 Å². The maximum absolute atomic E-state index is 6.45. The molecule has 3 heteroatoms. The second-order valence-corrected chi connectivity index (χ2v) is 6.13. The van der Waals surface area contributed by atoms with E-state index in [-0.39, 0.29) is 6.04 Å². The van der Waals surface area contributed by atoms with Gasteiger partial charge in [-0.05, 0) is 31.1 Å². The third-order valence-electron chi connectivity index (χ3n) is 4.59. The molecule has 108 valence electrons. The number of aromatic nitrogens is 2. The van der Waals surface area contributed by atoms with Gasteiger partial charge in [0.15, 0.2) is 0 Å². The lowest BCUT2D eigenvalue weighted by Crippen LogP contribution is -2.25. The van der Waals surface area contributed by atoms with Gasteiger partial charge in [-0.25, -0.2) is 0 Å². The Morgan fingerprint density at radius 1 is 1.26 bits per heavy atom. The van der Waals surface area contributed by atoms with Crippen molar-refractivity contribution in [1.82, 2.24) is 9.78 Å². The Balaban J connectivity index is 1.87. The molecule has 0 spiro atoms. The Bertz CT molecular complexity index is 364. The molecule has 1 saturated carbocycles. The summed E-state index contributed by atoms with van der Waals surface area (Å²) in [6, 6.07) is 0.188. The van der Waals surface area contributed by atoms with Crippen LogP contribution in [0, 0.1) is 11.8 Å². The molecule has 1 aromatic heterocycles. The fourth-order valence-corrected chi connectivity index (χ4v) is 3.42. The van der Waals surface area contributed by atoms with Crippen LogP contribution in [0.1, 0.15) is 70.4 Å². The minimum atomic E-state index is 0.188. The highest BCUT2D eigenvalue weighted by Crippen LogP contribution is 2.37. The van der Waals surface area contributed by atoms with Crippen molar-refractivity contribution in [2.75, 3.05) is 0 Å². The van der Waals surface area contributed by atoms with E-state index in [1.54, 1.807) is 0 Å². The Hall–Kier alpha value is -0.830. The average Bonchev–Trinajstić information content (AvgIpc) is 2.88. The highest BCUT2D eigenvalue weighted by molar-refractivity contribution is 5.11. The van der Waals surface area contributed by atoms with Crippen LogP contribution < -0.4 is 5.73 Å². The summed E-state index contributed by atoms with van der Waals surface area (Å²) in [7, 11) is 0. The zero-order valence-electron chi connectivity index (χ0n) is 12.5. The van der Waals surface area contributed by atoms with Gasteiger partial charge in [0.2, 0.25) is 0 Å². The number of nitrogens with two attached hydrogens (primary N) is 1. The summed E-state index contributed by atoms with van der Waals surface area (Å²) in [5, 5.41) is 4.40. The van der Waals surface area contributed by atoms with Crippen molar-refractivity contribution in [3.8, 4) is 0 Å². The first-order valence-corrected chi connectivity index (χ1v) is 8.02. The zero-order chi connectivity index (χ0) is 13.7. The first kappa shape index (κ1) is 14.6. The van der Waals surface area contributed by atoms with E-state index >= 15 is 0 Å². The monoisotopic (exact) mass is 263 g/mol. The number of hydrogen-bond donors (Lipinski definition) is 1. The highest BCUT2D eigenvalue weighted by Gasteiger charge is 2.26. The normalized spacial score (nSPS) is 25.4. The van der Waals surface area contributed by atoms with Crippen molar-refractivity contribution in [2.24, 2.45) is 17.6 Å². The maximum Gasteiger partial charge on any atom is 0.0537 e. The Labute approximate surface area is 117 Å². The fraction of sp³-hybridized carbons (Fsp3) is 0.812. The molecule has 1 aliphatic rings. The molecule has 1 fully saturated rings. The van der Waals surface area contributed by atoms with Gasteiger partial charge in [0.05, 0.1) is 6.20 Å². The molecule has 0 bridgehead atoms. The molecule has 1 aromatic rings. The van der Waals surface area contributed by atoms with Crippen molar-refractivity contribution in [3.05, 3.63) is 18.0 Å². The van der Waals surface area contributed by atoms with E-state index in [4.69, 9.17) is 5.73 Å². The van der Waals surface area contributed by atoms with Gasteiger partial charge in [-0.1, -0.05) is 39.5 Å². The van der Waals surface area contributed by atoms with Crippen molar-refractivity contribution in [3.63, 3.8) is 0 Å². The van der Waals surface area contributed by atoms with E-state index in [0.717, 1.165) is 18.9 Å². The molecular formula is C16H29N3. The van der Waals surface area contributed by atoms with Gasteiger partial charge < -0.3 is 5.73 Å². The van der Waals surface area contributed by atoms with E-state index in [1.165, 1.54) is 44.1 Å². The third-order valence-corrected chi connectivity index (χ3v) is 4.59. The summed E-state index contributed by atoms with van der Waals surface area (Å²) in [6.45, 7) is 5.46. The molecule has 19 heavy (non-hydrogen) atoms. The minimum absolute atomic E-state index is 0.188. The summed E-state index contributed by atoms with van der Waals surface area (Å²) in [5.41, 5.74) is 7.67. The molecule has 1 atom stereocenters. The smallest absolute Gasteiger partial charge is 0.0537 e. The molecular weight excluding hydrogens is 234 g/mol. The van der Waals surface area contributed by atoms with E-state index in [0.29, 0.717) is 5.92 Å². The maximum atomic E-state index is 6.45. The molecule has 0 saturated heterocycles. The van der Waals surface area contributed by atoms with Gasteiger partial charge >= 0.3 is 0 Å². The first-order valence-electron chi connectivity index (χ1n) is 8.02. The SMILES string of the molecule is CCCC1CCC(C(N)c2cnn(CCC)c2)CC1. The van der Waals surface area contributed by atoms with E-state index in [1.807, 2.05) is 10.9 Å². The quantitative estimate of drug-likeness (QED) is 0.846. The largest absolute Gasteiger partial charge is 0.324 e. The lowest BCUT2D eigenvalue weighted by molar-refractivity contribution is 0.234. The van der Waals surface area contributed by atoms with E-state index in [2.05, 4.69) is 25.1 Å². The molecule has 1 unspecified atom stereocenters. The topological polar surface area (TPSA) is 43.8 Å². The second kappa shape index (κ2) is 7.09. The summed E-state index contributed by atoms with van der Waals surface area (Å²) in [6.07, 6.45) is 13.3. The molecule has 0 radical (unpaired) electrons. The fourth-order valence-electron chi connectivity index (χ4n) is 3.42. The van der Waals surface area contributed by atoms with Gasteiger partial charge in [-0.15, -0.1) is 0 Å². The van der Waals surface area contributed by atoms with Crippen molar-refractivity contribution >= 4 is 0 Å². The molecule has 0 aliphatic heterocycles. The average molecular weight is 263 g/mol. The lowest BCUT2D eigenvalue weighted by Gasteiger charge is -2.31. The Morgan fingerprint density at radius 3 is 2.63 bits per heavy atom. The van der Waals surface area contributed by atoms with Gasteiger partial charge in [0.1, 0.15) is 0 Å². The molecule has 2 N–H and O–H groups in total. The predicted octanol–water partition coefficient (Wildman–Crippen LogP) is 3.90. The second-order valence-electron chi connectivity index (χ2n) is 6.13. The highest BCUT2D eigenvalue weighted by atomic mass is 15.3. The molecule has 1 aliphatic carbocycles. The number of rotatable bonds is 6. The van der Waals surface area contributed by atoms with Gasteiger partial charge in [-0.2, -0.15) is 5.10 Å². The molecule has 1 heterocycles. The number of aryl methyl sites for hydroxylation is 1. The van der Waals surface area contributed by atoms with Crippen LogP contribution in [0.15, 0.2) is 12.4 Å². The molecule has 0 amide bonds. The minimum Gasteiger partial charge on any atom is -0.324 e. The van der Waals surface area contributed by atoms with Crippen LogP contribution in [-0.4, -0.2) is 9.78 Å². The van der Waals surface area contributed by atoms with Crippen LogP contribution in [0.2, 0.25) is 0 Å². The Morgan fingerprint density at radius 2 is 2.00 bits per heavy atom. The summed E-state index contributed by atoms with van der Waals surface area (Å²) in [5.74, 6) is 1.61. The first-order chi connectivity index (χ1) is 9.24. The molecule has 3 nitrogen and oxygen atoms in total. The third kappa shape index (κ3) is 3.82. The van der Waals surface area contributed by atoms with Gasteiger partial charge in [0, 0.05) is 24.3 Å². The van der Waals surface area contributed by atoms with Crippen LogP contribution >= 0.6 is 0 Å². The standard InChI is InChI=1S/C16H29N3/c1-3-5-13-6-8-14(9-7-13)16(17)15-11-18-19(12-15)10-4-2/h11-14,16H,3-10,17H2,1-2H3.